The number of pyridine rings is 1. The molecule has 0 bridgehead atoms. The fourth-order valence-electron chi connectivity index (χ4n) is 2.49. The molecule has 5 heteroatoms. The average Bonchev–Trinajstić information content (AvgIpc) is 2.92. The minimum atomic E-state index is 0.0520. The van der Waals surface area contributed by atoms with Crippen LogP contribution in [0.3, 0.4) is 0 Å². The number of aromatic nitrogens is 1. The summed E-state index contributed by atoms with van der Waals surface area (Å²) < 4.78 is 5.03. The third-order valence-electron chi connectivity index (χ3n) is 3.72. The van der Waals surface area contributed by atoms with Crippen LogP contribution in [0.4, 0.5) is 0 Å². The van der Waals surface area contributed by atoms with Crippen LogP contribution in [0.1, 0.15) is 35.4 Å². The summed E-state index contributed by atoms with van der Waals surface area (Å²) in [6.07, 6.45) is 4.10. The molecule has 116 valence electrons. The van der Waals surface area contributed by atoms with E-state index in [0.29, 0.717) is 5.25 Å². The Balaban J connectivity index is 1.98. The number of aryl methyl sites for hydroxylation is 2. The summed E-state index contributed by atoms with van der Waals surface area (Å²) in [4.78, 5) is 16.2. The number of methoxy groups -OCH3 is 1. The van der Waals surface area contributed by atoms with Crippen molar-refractivity contribution in [3.8, 4) is 0 Å². The number of allylic oxidation sites excluding steroid dienone is 1. The number of nitrogens with one attached hydrogen (secondary N) is 2. The maximum Gasteiger partial charge on any atom is 0.251 e. The Hall–Kier alpha value is -1.04. The van der Waals surface area contributed by atoms with Crippen molar-refractivity contribution >= 4 is 11.8 Å². The van der Waals surface area contributed by atoms with E-state index >= 15 is 0 Å². The van der Waals surface area contributed by atoms with Crippen molar-refractivity contribution in [2.24, 2.45) is 0 Å². The largest absolute Gasteiger partial charge is 0.383 e. The van der Waals surface area contributed by atoms with E-state index < -0.39 is 0 Å². The first kappa shape index (κ1) is 16.3. The first-order valence-electron chi connectivity index (χ1n) is 7.43. The van der Waals surface area contributed by atoms with Crippen molar-refractivity contribution in [1.29, 1.82) is 0 Å². The van der Waals surface area contributed by atoms with Gasteiger partial charge in [0, 0.05) is 36.7 Å². The van der Waals surface area contributed by atoms with Gasteiger partial charge in [-0.3, -0.25) is 4.79 Å². The molecule has 0 saturated heterocycles. The smallest absolute Gasteiger partial charge is 0.251 e. The Bertz CT molecular complexity index is 566. The van der Waals surface area contributed by atoms with Crippen LogP contribution < -0.4 is 10.9 Å². The van der Waals surface area contributed by atoms with Gasteiger partial charge >= 0.3 is 0 Å². The molecule has 2 rings (SSSR count). The molecule has 4 nitrogen and oxygen atoms in total. The summed E-state index contributed by atoms with van der Waals surface area (Å²) >= 11 is 1.90. The lowest BCUT2D eigenvalue weighted by atomic mass is 10.0. The van der Waals surface area contributed by atoms with E-state index in [0.717, 1.165) is 43.8 Å². The molecular formula is C16H24N2O2S. The van der Waals surface area contributed by atoms with Gasteiger partial charge in [0.25, 0.3) is 5.56 Å². The maximum absolute atomic E-state index is 11.8. The third-order valence-corrected chi connectivity index (χ3v) is 5.06. The number of thioether (sulfide) groups is 1. The van der Waals surface area contributed by atoms with Gasteiger partial charge < -0.3 is 15.0 Å². The molecule has 0 radical (unpaired) electrons. The van der Waals surface area contributed by atoms with Crippen LogP contribution >= 0.6 is 11.8 Å². The number of H-pyrrole nitrogens is 1. The van der Waals surface area contributed by atoms with Gasteiger partial charge in [0.2, 0.25) is 0 Å². The highest BCUT2D eigenvalue weighted by Gasteiger charge is 2.22. The van der Waals surface area contributed by atoms with Gasteiger partial charge in [-0.25, -0.2) is 0 Å². The van der Waals surface area contributed by atoms with Gasteiger partial charge in [-0.1, -0.05) is 13.0 Å². The quantitative estimate of drug-likeness (QED) is 0.760. The molecule has 0 amide bonds. The SMILES string of the molecule is CCc1cc(C2CC=C(CNCCOC)S2)c(C)[nH]c1=O. The molecule has 2 N–H and O–H groups in total. The first-order valence-corrected chi connectivity index (χ1v) is 8.31. The molecule has 21 heavy (non-hydrogen) atoms. The average molecular weight is 308 g/mol. The molecule has 1 aliphatic heterocycles. The molecule has 1 aliphatic rings. The lowest BCUT2D eigenvalue weighted by molar-refractivity contribution is 0.200. The number of aromatic amines is 1. The molecule has 0 aliphatic carbocycles. The second kappa shape index (κ2) is 7.82. The summed E-state index contributed by atoms with van der Waals surface area (Å²) in [5.41, 5.74) is 3.19. The van der Waals surface area contributed by atoms with Crippen molar-refractivity contribution in [3.63, 3.8) is 0 Å². The summed E-state index contributed by atoms with van der Waals surface area (Å²) in [6, 6.07) is 2.08. The van der Waals surface area contributed by atoms with Gasteiger partial charge in [-0.15, -0.1) is 11.8 Å². The molecule has 2 heterocycles. The Labute approximate surface area is 130 Å². The predicted molar refractivity (Wildman–Crippen MR) is 89.0 cm³/mol. The number of hydrogen-bond acceptors (Lipinski definition) is 4. The second-order valence-electron chi connectivity index (χ2n) is 5.24. The standard InChI is InChI=1S/C16H24N2O2S/c1-4-12-9-14(11(2)18-16(12)19)15-6-5-13(21-15)10-17-7-8-20-3/h5,9,15,17H,4,6-8,10H2,1-3H3,(H,18,19). The van der Waals surface area contributed by atoms with Crippen LogP contribution in [0.25, 0.3) is 0 Å². The van der Waals surface area contributed by atoms with Crippen LogP contribution in [0.15, 0.2) is 21.8 Å². The molecule has 0 fully saturated rings. The lowest BCUT2D eigenvalue weighted by Crippen LogP contribution is -2.20. The van der Waals surface area contributed by atoms with E-state index in [2.05, 4.69) is 22.4 Å². The van der Waals surface area contributed by atoms with Gasteiger partial charge in [0.05, 0.1) is 6.61 Å². The zero-order chi connectivity index (χ0) is 15.2. The molecule has 1 aromatic heterocycles. The van der Waals surface area contributed by atoms with Gasteiger partial charge in [-0.2, -0.15) is 0 Å². The summed E-state index contributed by atoms with van der Waals surface area (Å²) in [5, 5.41) is 3.80. The topological polar surface area (TPSA) is 54.1 Å². The third kappa shape index (κ3) is 4.22. The van der Waals surface area contributed by atoms with Gasteiger partial charge in [0.1, 0.15) is 0 Å². The normalized spacial score (nSPS) is 18.0. The minimum absolute atomic E-state index is 0.0520. The molecule has 1 unspecified atom stereocenters. The van der Waals surface area contributed by atoms with E-state index in [1.807, 2.05) is 25.6 Å². The molecule has 1 atom stereocenters. The highest BCUT2D eigenvalue weighted by molar-refractivity contribution is 8.03. The van der Waals surface area contributed by atoms with Crippen molar-refractivity contribution in [2.45, 2.75) is 31.9 Å². The number of ether oxygens (including phenoxy) is 1. The second-order valence-corrected chi connectivity index (χ2v) is 6.57. The van der Waals surface area contributed by atoms with E-state index in [1.54, 1.807) is 7.11 Å². The summed E-state index contributed by atoms with van der Waals surface area (Å²) in [7, 11) is 1.71. The highest BCUT2D eigenvalue weighted by Crippen LogP contribution is 2.44. The van der Waals surface area contributed by atoms with E-state index in [1.165, 1.54) is 10.5 Å². The van der Waals surface area contributed by atoms with Crippen LogP contribution in [0.2, 0.25) is 0 Å². The predicted octanol–water partition coefficient (Wildman–Crippen LogP) is 2.54. The van der Waals surface area contributed by atoms with E-state index in [9.17, 15) is 4.79 Å². The lowest BCUT2D eigenvalue weighted by Gasteiger charge is -2.15. The Morgan fingerprint density at radius 2 is 2.33 bits per heavy atom. The van der Waals surface area contributed by atoms with Crippen LogP contribution in [-0.2, 0) is 11.2 Å². The zero-order valence-electron chi connectivity index (χ0n) is 13.0. The van der Waals surface area contributed by atoms with Crippen LogP contribution in [0, 0.1) is 6.92 Å². The van der Waals surface area contributed by atoms with E-state index in [-0.39, 0.29) is 5.56 Å². The Morgan fingerprint density at radius 3 is 3.05 bits per heavy atom. The first-order chi connectivity index (χ1) is 10.2. The van der Waals surface area contributed by atoms with E-state index in [4.69, 9.17) is 4.74 Å². The van der Waals surface area contributed by atoms with Crippen molar-refractivity contribution < 1.29 is 4.74 Å². The van der Waals surface area contributed by atoms with Crippen LogP contribution in [-0.4, -0.2) is 31.8 Å². The van der Waals surface area contributed by atoms with Crippen molar-refractivity contribution in [2.75, 3.05) is 26.8 Å². The van der Waals surface area contributed by atoms with Crippen molar-refractivity contribution in [3.05, 3.63) is 44.2 Å². The molecule has 0 aromatic carbocycles. The highest BCUT2D eigenvalue weighted by atomic mass is 32.2. The van der Waals surface area contributed by atoms with Gasteiger partial charge in [0.15, 0.2) is 0 Å². The molecule has 1 aromatic rings. The molecule has 0 spiro atoms. The Kier molecular flexibility index (Phi) is 6.08. The maximum atomic E-state index is 11.8. The molecule has 0 saturated carbocycles. The fourth-order valence-corrected chi connectivity index (χ4v) is 3.80. The van der Waals surface area contributed by atoms with Crippen LogP contribution in [0.5, 0.6) is 0 Å². The fraction of sp³-hybridized carbons (Fsp3) is 0.562. The van der Waals surface area contributed by atoms with Gasteiger partial charge in [-0.05, 0) is 36.3 Å². The Morgan fingerprint density at radius 1 is 1.52 bits per heavy atom. The zero-order valence-corrected chi connectivity index (χ0v) is 13.8. The monoisotopic (exact) mass is 308 g/mol. The summed E-state index contributed by atoms with van der Waals surface area (Å²) in [6.45, 7) is 6.52. The van der Waals surface area contributed by atoms with Crippen molar-refractivity contribution in [1.82, 2.24) is 10.3 Å². The summed E-state index contributed by atoms with van der Waals surface area (Å²) in [5.74, 6) is 0. The number of hydrogen-bond donors (Lipinski definition) is 2. The minimum Gasteiger partial charge on any atom is -0.383 e. The number of rotatable bonds is 7. The molecular weight excluding hydrogens is 284 g/mol.